The quantitative estimate of drug-likeness (QED) is 0.0937. The molecule has 12 N–H and O–H groups in total. The van der Waals surface area contributed by atoms with Crippen LogP contribution in [0, 0.1) is 0 Å². The highest BCUT2D eigenvalue weighted by atomic mass is 16.2. The summed E-state index contributed by atoms with van der Waals surface area (Å²) in [6.07, 6.45) is 0. The summed E-state index contributed by atoms with van der Waals surface area (Å²) in [5.74, 6) is 0. The molecule has 0 aromatic carbocycles. The summed E-state index contributed by atoms with van der Waals surface area (Å²) in [6.45, 7) is 0. The van der Waals surface area contributed by atoms with Crippen molar-refractivity contribution in [2.75, 3.05) is 0 Å². The van der Waals surface area contributed by atoms with Gasteiger partial charge in [0.1, 0.15) is 33.5 Å². The number of nitrogens with one attached hydrogen (secondary N) is 12. The number of fused-ring (bicyclic) bond motifs is 3. The lowest BCUT2D eigenvalue weighted by Gasteiger charge is -1.83. The van der Waals surface area contributed by atoms with Crippen LogP contribution in [0.5, 0.6) is 0 Å². The minimum atomic E-state index is -0.650. The molecule has 6 aromatic rings. The summed E-state index contributed by atoms with van der Waals surface area (Å²) in [4.78, 5) is 123. The second-order valence-corrected chi connectivity index (χ2v) is 6.71. The van der Waals surface area contributed by atoms with Gasteiger partial charge in [-0.2, -0.15) is 0 Å². The van der Waals surface area contributed by atoms with Gasteiger partial charge in [0, 0.05) is 0 Å². The molecule has 21 nitrogen and oxygen atoms in total. The van der Waals surface area contributed by atoms with Crippen molar-refractivity contribution in [2.45, 2.75) is 0 Å². The van der Waals surface area contributed by atoms with Crippen molar-refractivity contribution in [3.8, 4) is 0 Å². The van der Waals surface area contributed by atoms with Crippen LogP contribution in [0.1, 0.15) is 0 Å². The van der Waals surface area contributed by atoms with Crippen molar-refractivity contribution >= 4 is 33.5 Å². The van der Waals surface area contributed by atoms with Gasteiger partial charge in [-0.1, -0.05) is 0 Å². The minimum absolute atomic E-state index is 0.0413. The van der Waals surface area contributed by atoms with Crippen molar-refractivity contribution in [1.82, 2.24) is 59.8 Å². The molecule has 6 heterocycles. The van der Waals surface area contributed by atoms with Crippen molar-refractivity contribution in [3.63, 3.8) is 0 Å². The molecule has 0 bridgehead atoms. The van der Waals surface area contributed by atoms with Gasteiger partial charge in [-0.25, -0.2) is 28.8 Å². The van der Waals surface area contributed by atoms with E-state index in [1.54, 1.807) is 0 Å². The van der Waals surface area contributed by atoms with E-state index in [1.807, 2.05) is 15.0 Å². The van der Waals surface area contributed by atoms with Crippen molar-refractivity contribution in [3.05, 3.63) is 94.0 Å². The summed E-state index contributed by atoms with van der Waals surface area (Å²) in [5, 5.41) is 0. The normalized spacial score (nSPS) is 10.7. The fourth-order valence-electron chi connectivity index (χ4n) is 2.87. The van der Waals surface area contributed by atoms with E-state index in [0.717, 1.165) is 0 Å². The SMILES string of the molecule is O=c1[nH]c(=O)c2[nH]c(=O)[nH]c2[nH]1.O=c1[nH]c(=O)c2[nH]c(=O)[nH]c2[nH]1.O=c1[nH]c(=O)c2[nH]c(=O)[nH]c2[nH]1. The third kappa shape index (κ3) is 4.63. The van der Waals surface area contributed by atoms with Gasteiger partial charge in [0.25, 0.3) is 16.7 Å². The molecule has 0 aliphatic rings. The van der Waals surface area contributed by atoms with E-state index in [1.165, 1.54) is 0 Å². The highest BCUT2D eigenvalue weighted by Gasteiger charge is 2.04. The Hall–Kier alpha value is -6.15. The van der Waals surface area contributed by atoms with Crippen molar-refractivity contribution < 1.29 is 0 Å². The Balaban J connectivity index is 0.000000127. The van der Waals surface area contributed by atoms with E-state index >= 15 is 0 Å². The molecule has 0 radical (unpaired) electrons. The Morgan fingerprint density at radius 3 is 0.667 bits per heavy atom. The lowest BCUT2D eigenvalue weighted by Crippen LogP contribution is -2.21. The molecule has 0 unspecified atom stereocenters. The van der Waals surface area contributed by atoms with Gasteiger partial charge < -0.3 is 0 Å². The van der Waals surface area contributed by atoms with Crippen molar-refractivity contribution in [2.24, 2.45) is 0 Å². The Morgan fingerprint density at radius 1 is 0.250 bits per heavy atom. The van der Waals surface area contributed by atoms with Crippen LogP contribution in [0.15, 0.2) is 43.2 Å². The molecule has 0 spiro atoms. The predicted molar refractivity (Wildman–Crippen MR) is 120 cm³/mol. The summed E-state index contributed by atoms with van der Waals surface area (Å²) in [6, 6.07) is 0. The maximum Gasteiger partial charge on any atom is 0.327 e. The van der Waals surface area contributed by atoms with Crippen LogP contribution in [0.2, 0.25) is 0 Å². The van der Waals surface area contributed by atoms with Crippen LogP contribution in [0.4, 0.5) is 0 Å². The number of aromatic nitrogens is 12. The molecule has 6 rings (SSSR count). The lowest BCUT2D eigenvalue weighted by atomic mass is 10.5. The third-order valence-corrected chi connectivity index (χ3v) is 4.26. The Labute approximate surface area is 188 Å². The first-order valence-corrected chi connectivity index (χ1v) is 9.34. The fourth-order valence-corrected chi connectivity index (χ4v) is 2.87. The molecule has 0 saturated heterocycles. The topological polar surface area (TPSA) is 343 Å². The molecule has 6 aromatic heterocycles. The van der Waals surface area contributed by atoms with Gasteiger partial charge in [-0.15, -0.1) is 0 Å². The zero-order chi connectivity index (χ0) is 26.1. The molecule has 0 aliphatic heterocycles. The standard InChI is InChI=1S/3C5H4N4O3/c3*10-3-1-2(7-4(11)6-1)8-5(12)9-3/h3*(H4,6,7,8,9,10,11,12). The van der Waals surface area contributed by atoms with Crippen LogP contribution in [0.3, 0.4) is 0 Å². The first kappa shape index (κ1) is 23.0. The van der Waals surface area contributed by atoms with Gasteiger partial charge in [0.05, 0.1) is 0 Å². The van der Waals surface area contributed by atoms with Crippen LogP contribution in [-0.2, 0) is 0 Å². The summed E-state index contributed by atoms with van der Waals surface area (Å²) in [7, 11) is 0. The van der Waals surface area contributed by atoms with Gasteiger partial charge in [0.2, 0.25) is 0 Å². The molecule has 186 valence electrons. The predicted octanol–water partition coefficient (Wildman–Crippen LogP) is -5.30. The smallest absolute Gasteiger partial charge is 0.300 e. The van der Waals surface area contributed by atoms with E-state index in [0.29, 0.717) is 0 Å². The second-order valence-electron chi connectivity index (χ2n) is 6.71. The Kier molecular flexibility index (Phi) is 5.53. The zero-order valence-corrected chi connectivity index (χ0v) is 17.2. The zero-order valence-electron chi connectivity index (χ0n) is 17.2. The monoisotopic (exact) mass is 504 g/mol. The van der Waals surface area contributed by atoms with E-state index in [9.17, 15) is 43.2 Å². The largest absolute Gasteiger partial charge is 0.327 e. The van der Waals surface area contributed by atoms with Gasteiger partial charge in [-0.3, -0.25) is 74.2 Å². The van der Waals surface area contributed by atoms with Crippen LogP contribution >= 0.6 is 0 Å². The average molecular weight is 504 g/mol. The van der Waals surface area contributed by atoms with Gasteiger partial charge in [-0.05, 0) is 0 Å². The van der Waals surface area contributed by atoms with E-state index in [4.69, 9.17) is 0 Å². The van der Waals surface area contributed by atoms with E-state index in [-0.39, 0.29) is 33.5 Å². The molecular weight excluding hydrogens is 492 g/mol. The number of imidazole rings is 3. The highest BCUT2D eigenvalue weighted by molar-refractivity contribution is 5.68. The number of rotatable bonds is 0. The van der Waals surface area contributed by atoms with Crippen LogP contribution in [0.25, 0.3) is 33.5 Å². The maximum atomic E-state index is 10.9. The molecule has 0 atom stereocenters. The lowest BCUT2D eigenvalue weighted by molar-refractivity contribution is 1.07. The number of hydrogen-bond donors (Lipinski definition) is 12. The number of hydrogen-bond acceptors (Lipinski definition) is 9. The summed E-state index contributed by atoms with van der Waals surface area (Å²) < 4.78 is 0. The minimum Gasteiger partial charge on any atom is -0.300 e. The van der Waals surface area contributed by atoms with Gasteiger partial charge >= 0.3 is 34.1 Å². The molecule has 21 heteroatoms. The molecular formula is C15H12N12O9. The van der Waals surface area contributed by atoms with Crippen LogP contribution < -0.4 is 50.8 Å². The molecule has 0 fully saturated rings. The van der Waals surface area contributed by atoms with Gasteiger partial charge in [0.15, 0.2) is 0 Å². The molecule has 0 aliphatic carbocycles. The first-order chi connectivity index (χ1) is 17.0. The van der Waals surface area contributed by atoms with Crippen LogP contribution in [-0.4, -0.2) is 59.8 Å². The molecule has 36 heavy (non-hydrogen) atoms. The second kappa shape index (κ2) is 8.65. The molecule has 0 amide bonds. The Morgan fingerprint density at radius 2 is 0.444 bits per heavy atom. The third-order valence-electron chi connectivity index (χ3n) is 4.26. The summed E-state index contributed by atoms with van der Waals surface area (Å²) >= 11 is 0. The average Bonchev–Trinajstić information content (AvgIpc) is 3.44. The van der Waals surface area contributed by atoms with Crippen molar-refractivity contribution in [1.29, 1.82) is 0 Å². The number of aromatic amines is 12. The summed E-state index contributed by atoms with van der Waals surface area (Å²) in [5.41, 5.74) is -4.96. The van der Waals surface area contributed by atoms with E-state index < -0.39 is 50.8 Å². The fraction of sp³-hybridized carbons (Fsp3) is 0. The van der Waals surface area contributed by atoms with E-state index in [2.05, 4.69) is 44.9 Å². The molecule has 0 saturated carbocycles. The highest BCUT2D eigenvalue weighted by Crippen LogP contribution is 1.90. The Bertz CT molecular complexity index is 2000. The number of H-pyrrole nitrogens is 12. The first-order valence-electron chi connectivity index (χ1n) is 9.34. The maximum absolute atomic E-state index is 10.9.